The van der Waals surface area contributed by atoms with E-state index in [1.807, 2.05) is 37.8 Å². The second kappa shape index (κ2) is 11.3. The molecule has 224 valence electrons. The molecule has 1 aromatic carbocycles. The molecule has 0 aliphatic carbocycles. The Hall–Kier alpha value is -4.75. The van der Waals surface area contributed by atoms with Gasteiger partial charge in [-0.2, -0.15) is 4.98 Å². The molecule has 3 aromatic rings. The first-order valence-corrected chi connectivity index (χ1v) is 13.6. The van der Waals surface area contributed by atoms with Crippen molar-refractivity contribution in [2.75, 3.05) is 38.1 Å². The molecular formula is C28H36N8O6. The number of amides is 2. The zero-order valence-electron chi connectivity index (χ0n) is 24.6. The molecule has 5 rings (SSSR count). The number of hydrogen-bond donors (Lipinski definition) is 2. The summed E-state index contributed by atoms with van der Waals surface area (Å²) in [7, 11) is 4.66. The number of ether oxygens (including phenoxy) is 4. The van der Waals surface area contributed by atoms with E-state index < -0.39 is 23.6 Å². The van der Waals surface area contributed by atoms with Gasteiger partial charge in [0.1, 0.15) is 29.6 Å². The molecule has 4 heterocycles. The first kappa shape index (κ1) is 28.8. The molecule has 0 saturated carbocycles. The van der Waals surface area contributed by atoms with Crippen LogP contribution in [0.4, 0.5) is 22.4 Å². The predicted octanol–water partition coefficient (Wildman–Crippen LogP) is 3.14. The number of nitrogens with one attached hydrogen (secondary N) is 1. The summed E-state index contributed by atoms with van der Waals surface area (Å²) in [6.07, 6.45) is 4.40. The van der Waals surface area contributed by atoms with Crippen molar-refractivity contribution in [2.24, 2.45) is 5.73 Å². The highest BCUT2D eigenvalue weighted by Crippen LogP contribution is 2.39. The van der Waals surface area contributed by atoms with E-state index >= 15 is 0 Å². The number of nitrogens with two attached hydrogens (primary N) is 1. The Morgan fingerprint density at radius 1 is 1.05 bits per heavy atom. The van der Waals surface area contributed by atoms with Crippen molar-refractivity contribution < 1.29 is 28.5 Å². The van der Waals surface area contributed by atoms with Crippen LogP contribution in [0.1, 0.15) is 44.9 Å². The van der Waals surface area contributed by atoms with Gasteiger partial charge < -0.3 is 39.5 Å². The van der Waals surface area contributed by atoms with Crippen LogP contribution < -0.4 is 30.2 Å². The number of aromatic nitrogens is 4. The number of carbonyl (C=O) groups is 2. The summed E-state index contributed by atoms with van der Waals surface area (Å²) in [6.45, 7) is 6.54. The lowest BCUT2D eigenvalue weighted by molar-refractivity contribution is -0.119. The van der Waals surface area contributed by atoms with E-state index in [4.69, 9.17) is 34.6 Å². The second-order valence-corrected chi connectivity index (χ2v) is 11.1. The molecule has 1 fully saturated rings. The molecule has 1 atom stereocenters. The lowest BCUT2D eigenvalue weighted by atomic mass is 10.2. The van der Waals surface area contributed by atoms with Crippen LogP contribution in [-0.4, -0.2) is 75.9 Å². The van der Waals surface area contributed by atoms with Crippen molar-refractivity contribution in [3.8, 4) is 22.9 Å². The van der Waals surface area contributed by atoms with Gasteiger partial charge in [-0.05, 0) is 33.6 Å². The summed E-state index contributed by atoms with van der Waals surface area (Å²) in [5, 5.41) is 3.30. The minimum atomic E-state index is -0.645. The predicted molar refractivity (Wildman–Crippen MR) is 154 cm³/mol. The zero-order chi connectivity index (χ0) is 30.2. The number of anilines is 3. The molecule has 2 amide bonds. The summed E-state index contributed by atoms with van der Waals surface area (Å²) in [5.74, 6) is 2.41. The lowest BCUT2D eigenvalue weighted by Crippen LogP contribution is -2.41. The lowest BCUT2D eigenvalue weighted by Gasteiger charge is -2.24. The molecule has 42 heavy (non-hydrogen) atoms. The highest BCUT2D eigenvalue weighted by atomic mass is 16.6. The minimum Gasteiger partial charge on any atom is -0.493 e. The van der Waals surface area contributed by atoms with Crippen molar-refractivity contribution in [1.29, 1.82) is 0 Å². The second-order valence-electron chi connectivity index (χ2n) is 11.1. The summed E-state index contributed by atoms with van der Waals surface area (Å²) in [4.78, 5) is 42.5. The summed E-state index contributed by atoms with van der Waals surface area (Å²) >= 11 is 0. The Labute approximate surface area is 243 Å². The maximum Gasteiger partial charge on any atom is 0.410 e. The van der Waals surface area contributed by atoms with Crippen LogP contribution >= 0.6 is 0 Å². The van der Waals surface area contributed by atoms with Crippen LogP contribution in [0.25, 0.3) is 5.69 Å². The molecular weight excluding hydrogens is 544 g/mol. The molecule has 0 bridgehead atoms. The van der Waals surface area contributed by atoms with Gasteiger partial charge in [0.15, 0.2) is 11.5 Å². The Kier molecular flexibility index (Phi) is 7.71. The number of benzene rings is 1. The number of hydrogen-bond acceptors (Lipinski definition) is 11. The number of imidazole rings is 1. The highest BCUT2D eigenvalue weighted by molar-refractivity contribution is 5.83. The maximum atomic E-state index is 12.9. The smallest absolute Gasteiger partial charge is 0.410 e. The van der Waals surface area contributed by atoms with E-state index in [1.165, 1.54) is 0 Å². The van der Waals surface area contributed by atoms with Gasteiger partial charge in [0.25, 0.3) is 0 Å². The van der Waals surface area contributed by atoms with Gasteiger partial charge >= 0.3 is 6.09 Å². The summed E-state index contributed by atoms with van der Waals surface area (Å²) < 4.78 is 23.8. The Morgan fingerprint density at radius 3 is 2.38 bits per heavy atom. The molecule has 2 aromatic heterocycles. The molecule has 14 heteroatoms. The average molecular weight is 581 g/mol. The van der Waals surface area contributed by atoms with Gasteiger partial charge in [-0.15, -0.1) is 0 Å². The monoisotopic (exact) mass is 580 g/mol. The third kappa shape index (κ3) is 5.69. The zero-order valence-corrected chi connectivity index (χ0v) is 24.6. The molecule has 3 N–H and O–H groups in total. The topological polar surface area (TPSA) is 159 Å². The van der Waals surface area contributed by atoms with Crippen LogP contribution in [0.5, 0.6) is 17.2 Å². The highest BCUT2D eigenvalue weighted by Gasteiger charge is 2.35. The van der Waals surface area contributed by atoms with E-state index in [0.717, 1.165) is 17.7 Å². The van der Waals surface area contributed by atoms with Crippen molar-refractivity contribution in [1.82, 2.24) is 24.4 Å². The van der Waals surface area contributed by atoms with E-state index in [2.05, 4.69) is 10.3 Å². The van der Waals surface area contributed by atoms with Crippen molar-refractivity contribution >= 4 is 29.6 Å². The SMILES string of the molecule is COc1cc(-n2cnc(Nc3nc(N4CCC[C@H]4C(N)=O)nc4c3CN(C(=O)OC(C)(C)C)C4)c2)cc(OC)c1OC. The van der Waals surface area contributed by atoms with E-state index in [1.54, 1.807) is 43.3 Å². The van der Waals surface area contributed by atoms with Gasteiger partial charge in [0.2, 0.25) is 17.6 Å². The number of primary amides is 1. The van der Waals surface area contributed by atoms with E-state index in [0.29, 0.717) is 53.5 Å². The molecule has 0 radical (unpaired) electrons. The number of nitrogens with zero attached hydrogens (tertiary/aromatic N) is 6. The molecule has 1 saturated heterocycles. The number of carbonyl (C=O) groups excluding carboxylic acids is 2. The summed E-state index contributed by atoms with van der Waals surface area (Å²) in [6, 6.07) is 3.12. The largest absolute Gasteiger partial charge is 0.493 e. The third-order valence-electron chi connectivity index (χ3n) is 7.04. The normalized spacial score (nSPS) is 16.3. The fourth-order valence-electron chi connectivity index (χ4n) is 5.10. The van der Waals surface area contributed by atoms with Crippen molar-refractivity contribution in [3.63, 3.8) is 0 Å². The fraction of sp³-hybridized carbons (Fsp3) is 0.464. The molecule has 0 spiro atoms. The van der Waals surface area contributed by atoms with Crippen LogP contribution in [0.15, 0.2) is 24.7 Å². The number of methoxy groups -OCH3 is 3. The molecule has 0 unspecified atom stereocenters. The minimum absolute atomic E-state index is 0.239. The first-order valence-electron chi connectivity index (χ1n) is 13.6. The van der Waals surface area contributed by atoms with Gasteiger partial charge in [-0.1, -0.05) is 0 Å². The van der Waals surface area contributed by atoms with Crippen LogP contribution in [0, 0.1) is 0 Å². The van der Waals surface area contributed by atoms with E-state index in [-0.39, 0.29) is 13.1 Å². The average Bonchev–Trinajstić information content (AvgIpc) is 3.70. The van der Waals surface area contributed by atoms with E-state index in [9.17, 15) is 9.59 Å². The molecule has 2 aliphatic heterocycles. The third-order valence-corrected chi connectivity index (χ3v) is 7.04. The van der Waals surface area contributed by atoms with Crippen LogP contribution in [-0.2, 0) is 22.6 Å². The Bertz CT molecular complexity index is 1470. The Morgan fingerprint density at radius 2 is 1.76 bits per heavy atom. The van der Waals surface area contributed by atoms with Gasteiger partial charge in [0, 0.05) is 24.2 Å². The van der Waals surface area contributed by atoms with Crippen LogP contribution in [0.3, 0.4) is 0 Å². The fourth-order valence-corrected chi connectivity index (χ4v) is 5.10. The standard InChI is InChI=1S/C28H36N8O6/c1-28(2,3)42-27(38)34-12-17-18(13-34)31-26(36-9-7-8-19(36)24(29)37)33-25(17)32-22-14-35(15-30-22)16-10-20(39-4)23(41-6)21(11-16)40-5/h10-11,14-15,19H,7-9,12-13H2,1-6H3,(H2,29,37)(H,31,32,33)/t19-/m0/s1. The maximum absolute atomic E-state index is 12.9. The number of rotatable bonds is 8. The first-order chi connectivity index (χ1) is 20.0. The van der Waals surface area contributed by atoms with Crippen molar-refractivity contribution in [3.05, 3.63) is 35.9 Å². The van der Waals surface area contributed by atoms with Crippen LogP contribution in [0.2, 0.25) is 0 Å². The van der Waals surface area contributed by atoms with Gasteiger partial charge in [-0.3, -0.25) is 9.69 Å². The number of fused-ring (bicyclic) bond motifs is 1. The van der Waals surface area contributed by atoms with Gasteiger partial charge in [-0.25, -0.2) is 14.8 Å². The van der Waals surface area contributed by atoms with Crippen molar-refractivity contribution in [2.45, 2.75) is 58.3 Å². The Balaban J connectivity index is 1.49. The molecule has 2 aliphatic rings. The molecule has 14 nitrogen and oxygen atoms in total. The van der Waals surface area contributed by atoms with Gasteiger partial charge in [0.05, 0.1) is 52.0 Å². The summed E-state index contributed by atoms with van der Waals surface area (Å²) in [5.41, 5.74) is 7.16. The quantitative estimate of drug-likeness (QED) is 0.403.